The molecule has 1 fully saturated rings. The van der Waals surface area contributed by atoms with Crippen LogP contribution in [0.15, 0.2) is 0 Å². The maximum Gasteiger partial charge on any atom is 0.225 e. The quantitative estimate of drug-likeness (QED) is 0.695. The minimum Gasteiger partial charge on any atom is -0.396 e. The molecule has 2 amide bonds. The Morgan fingerprint density at radius 2 is 2.35 bits per heavy atom. The summed E-state index contributed by atoms with van der Waals surface area (Å²) in [5.74, 6) is -0.186. The van der Waals surface area contributed by atoms with Crippen molar-refractivity contribution >= 4 is 11.8 Å². The molecule has 2 atom stereocenters. The second-order valence-corrected chi connectivity index (χ2v) is 4.61. The van der Waals surface area contributed by atoms with Crippen molar-refractivity contribution in [1.29, 1.82) is 0 Å². The van der Waals surface area contributed by atoms with Gasteiger partial charge in [0.2, 0.25) is 11.8 Å². The van der Waals surface area contributed by atoms with Gasteiger partial charge >= 0.3 is 0 Å². The zero-order valence-electron chi connectivity index (χ0n) is 10.6. The van der Waals surface area contributed by atoms with Crippen molar-refractivity contribution in [1.82, 2.24) is 10.2 Å². The standard InChI is InChI=1S/C12H22N2O3/c1-3-14-8-10(7-11(14)16)12(17)13-9(2)5-4-6-15/h9-10,15H,3-8H2,1-2H3,(H,13,17). The number of aliphatic hydroxyl groups is 1. The third-order valence-corrected chi connectivity index (χ3v) is 3.15. The summed E-state index contributed by atoms with van der Waals surface area (Å²) in [6, 6.07) is 0.0560. The molecular weight excluding hydrogens is 220 g/mol. The van der Waals surface area contributed by atoms with E-state index in [0.717, 1.165) is 6.42 Å². The van der Waals surface area contributed by atoms with E-state index in [-0.39, 0.29) is 30.4 Å². The Morgan fingerprint density at radius 1 is 1.65 bits per heavy atom. The summed E-state index contributed by atoms with van der Waals surface area (Å²) in [5, 5.41) is 11.6. The highest BCUT2D eigenvalue weighted by Gasteiger charge is 2.33. The van der Waals surface area contributed by atoms with Gasteiger partial charge in [-0.05, 0) is 26.7 Å². The molecule has 1 saturated heterocycles. The van der Waals surface area contributed by atoms with E-state index < -0.39 is 0 Å². The van der Waals surface area contributed by atoms with Gasteiger partial charge in [-0.1, -0.05) is 0 Å². The third-order valence-electron chi connectivity index (χ3n) is 3.15. The number of nitrogens with zero attached hydrogens (tertiary/aromatic N) is 1. The lowest BCUT2D eigenvalue weighted by Gasteiger charge is -2.17. The SMILES string of the molecule is CCN1CC(C(=O)NC(C)CCCO)CC1=O. The van der Waals surface area contributed by atoms with Crippen molar-refractivity contribution in [2.45, 2.75) is 39.2 Å². The van der Waals surface area contributed by atoms with E-state index in [1.807, 2.05) is 13.8 Å². The van der Waals surface area contributed by atoms with Crippen LogP contribution >= 0.6 is 0 Å². The van der Waals surface area contributed by atoms with Crippen LogP contribution in [0.25, 0.3) is 0 Å². The second kappa shape index (κ2) is 6.59. The smallest absolute Gasteiger partial charge is 0.225 e. The van der Waals surface area contributed by atoms with Crippen molar-refractivity contribution in [2.24, 2.45) is 5.92 Å². The van der Waals surface area contributed by atoms with Crippen LogP contribution < -0.4 is 5.32 Å². The molecule has 0 saturated carbocycles. The minimum absolute atomic E-state index is 0.0419. The predicted molar refractivity (Wildman–Crippen MR) is 64.3 cm³/mol. The van der Waals surface area contributed by atoms with Crippen LogP contribution in [-0.4, -0.2) is 47.6 Å². The molecule has 0 aromatic carbocycles. The summed E-state index contributed by atoms with van der Waals surface area (Å²) in [5.41, 5.74) is 0. The van der Waals surface area contributed by atoms with Gasteiger partial charge in [-0.15, -0.1) is 0 Å². The highest BCUT2D eigenvalue weighted by atomic mass is 16.3. The second-order valence-electron chi connectivity index (χ2n) is 4.61. The molecule has 2 N–H and O–H groups in total. The molecule has 0 aromatic heterocycles. The lowest BCUT2D eigenvalue weighted by molar-refractivity contribution is -0.129. The van der Waals surface area contributed by atoms with E-state index in [9.17, 15) is 9.59 Å². The van der Waals surface area contributed by atoms with Crippen LogP contribution in [0.3, 0.4) is 0 Å². The van der Waals surface area contributed by atoms with E-state index in [2.05, 4.69) is 5.32 Å². The molecule has 0 spiro atoms. The number of rotatable bonds is 6. The normalized spacial score (nSPS) is 21.7. The number of aliphatic hydroxyl groups excluding tert-OH is 1. The number of amides is 2. The molecule has 1 rings (SSSR count). The summed E-state index contributed by atoms with van der Waals surface area (Å²) >= 11 is 0. The maximum atomic E-state index is 11.9. The molecule has 5 nitrogen and oxygen atoms in total. The third kappa shape index (κ3) is 4.00. The van der Waals surface area contributed by atoms with Gasteiger partial charge in [-0.2, -0.15) is 0 Å². The van der Waals surface area contributed by atoms with Crippen LogP contribution in [0.1, 0.15) is 33.1 Å². The molecule has 98 valence electrons. The molecule has 1 aliphatic heterocycles. The van der Waals surface area contributed by atoms with Gasteiger partial charge in [0.05, 0.1) is 5.92 Å². The van der Waals surface area contributed by atoms with E-state index in [1.54, 1.807) is 4.90 Å². The average molecular weight is 242 g/mol. The first-order valence-electron chi connectivity index (χ1n) is 6.27. The van der Waals surface area contributed by atoms with Crippen LogP contribution in [-0.2, 0) is 9.59 Å². The maximum absolute atomic E-state index is 11.9. The number of hydrogen-bond acceptors (Lipinski definition) is 3. The van der Waals surface area contributed by atoms with Gasteiger partial charge in [0.25, 0.3) is 0 Å². The zero-order valence-corrected chi connectivity index (χ0v) is 10.6. The molecule has 0 aromatic rings. The van der Waals surface area contributed by atoms with E-state index >= 15 is 0 Å². The summed E-state index contributed by atoms with van der Waals surface area (Å²) in [6.45, 7) is 5.19. The summed E-state index contributed by atoms with van der Waals surface area (Å²) in [6.07, 6.45) is 1.78. The Kier molecular flexibility index (Phi) is 5.41. The molecule has 17 heavy (non-hydrogen) atoms. The van der Waals surface area contributed by atoms with Gasteiger partial charge in [0.15, 0.2) is 0 Å². The predicted octanol–water partition coefficient (Wildman–Crippen LogP) is 0.132. The zero-order chi connectivity index (χ0) is 12.8. The van der Waals surface area contributed by atoms with Gasteiger partial charge < -0.3 is 15.3 Å². The molecule has 0 radical (unpaired) electrons. The van der Waals surface area contributed by atoms with E-state index in [4.69, 9.17) is 5.11 Å². The van der Waals surface area contributed by atoms with Crippen LogP contribution in [0, 0.1) is 5.92 Å². The van der Waals surface area contributed by atoms with Crippen molar-refractivity contribution in [3.05, 3.63) is 0 Å². The Labute approximate surface area is 102 Å². The fourth-order valence-electron chi connectivity index (χ4n) is 2.08. The fraction of sp³-hybridized carbons (Fsp3) is 0.833. The monoisotopic (exact) mass is 242 g/mol. The van der Waals surface area contributed by atoms with E-state index in [1.165, 1.54) is 0 Å². The molecular formula is C12H22N2O3. The molecule has 2 unspecified atom stereocenters. The van der Waals surface area contributed by atoms with Crippen molar-refractivity contribution in [2.75, 3.05) is 19.7 Å². The number of likely N-dealkylation sites (tertiary alicyclic amines) is 1. The topological polar surface area (TPSA) is 69.6 Å². The summed E-state index contributed by atoms with van der Waals surface area (Å²) < 4.78 is 0. The fourth-order valence-corrected chi connectivity index (χ4v) is 2.08. The first kappa shape index (κ1) is 14.0. The number of carbonyl (C=O) groups is 2. The Balaban J connectivity index is 2.36. The molecule has 1 aliphatic rings. The summed E-state index contributed by atoms with van der Waals surface area (Å²) in [7, 11) is 0. The van der Waals surface area contributed by atoms with Crippen LogP contribution in [0.5, 0.6) is 0 Å². The largest absolute Gasteiger partial charge is 0.396 e. The van der Waals surface area contributed by atoms with E-state index in [0.29, 0.717) is 25.9 Å². The molecule has 5 heteroatoms. The Hall–Kier alpha value is -1.10. The van der Waals surface area contributed by atoms with Crippen LogP contribution in [0.4, 0.5) is 0 Å². The molecule has 0 aliphatic carbocycles. The van der Waals surface area contributed by atoms with Gasteiger partial charge in [-0.3, -0.25) is 9.59 Å². The van der Waals surface area contributed by atoms with Gasteiger partial charge in [-0.25, -0.2) is 0 Å². The summed E-state index contributed by atoms with van der Waals surface area (Å²) in [4.78, 5) is 25.1. The van der Waals surface area contributed by atoms with Crippen molar-refractivity contribution in [3.8, 4) is 0 Å². The first-order valence-corrected chi connectivity index (χ1v) is 6.27. The van der Waals surface area contributed by atoms with Crippen molar-refractivity contribution < 1.29 is 14.7 Å². The molecule has 1 heterocycles. The van der Waals surface area contributed by atoms with Crippen LogP contribution in [0.2, 0.25) is 0 Å². The number of hydrogen-bond donors (Lipinski definition) is 2. The lowest BCUT2D eigenvalue weighted by atomic mass is 10.1. The number of carbonyl (C=O) groups excluding carboxylic acids is 2. The van der Waals surface area contributed by atoms with Gasteiger partial charge in [0, 0.05) is 32.2 Å². The highest BCUT2D eigenvalue weighted by Crippen LogP contribution is 2.17. The number of nitrogens with one attached hydrogen (secondary N) is 1. The first-order chi connectivity index (χ1) is 8.08. The average Bonchev–Trinajstić information content (AvgIpc) is 2.68. The Bertz CT molecular complexity index is 281. The Morgan fingerprint density at radius 3 is 2.88 bits per heavy atom. The molecule has 0 bridgehead atoms. The lowest BCUT2D eigenvalue weighted by Crippen LogP contribution is -2.38. The minimum atomic E-state index is -0.209. The highest BCUT2D eigenvalue weighted by molar-refractivity contribution is 5.89. The van der Waals surface area contributed by atoms with Gasteiger partial charge in [0.1, 0.15) is 0 Å². The van der Waals surface area contributed by atoms with Crippen molar-refractivity contribution in [3.63, 3.8) is 0 Å².